The quantitative estimate of drug-likeness (QED) is 0.592. The third kappa shape index (κ3) is 4.89. The molecule has 0 radical (unpaired) electrons. The zero-order chi connectivity index (χ0) is 20.9. The number of rotatable bonds is 5. The highest BCUT2D eigenvalue weighted by molar-refractivity contribution is 5.80. The molecule has 0 spiro atoms. The summed E-state index contributed by atoms with van der Waals surface area (Å²) in [5.74, 6) is 2.39. The minimum absolute atomic E-state index is 0.204. The van der Waals surface area contributed by atoms with Crippen molar-refractivity contribution in [2.24, 2.45) is 12.0 Å². The van der Waals surface area contributed by atoms with Crippen molar-refractivity contribution in [3.8, 4) is 0 Å². The number of nitrogens with one attached hydrogen (secondary N) is 1. The number of hydrogen-bond donors (Lipinski definition) is 1. The van der Waals surface area contributed by atoms with E-state index < -0.39 is 0 Å². The van der Waals surface area contributed by atoms with Crippen LogP contribution in [-0.4, -0.2) is 71.1 Å². The van der Waals surface area contributed by atoms with Crippen LogP contribution in [0.2, 0.25) is 0 Å². The number of hydrogen-bond acceptors (Lipinski definition) is 5. The van der Waals surface area contributed by atoms with Crippen molar-refractivity contribution in [1.82, 2.24) is 25.0 Å². The SMILES string of the molecule is Cc1nnc(CN=C(NCC2CCCO2)N2CCN(c3ccc(F)cc3)CC2)n1C. The molecule has 2 aliphatic heterocycles. The fourth-order valence-corrected chi connectivity index (χ4v) is 3.84. The third-order valence-corrected chi connectivity index (χ3v) is 5.84. The van der Waals surface area contributed by atoms with Gasteiger partial charge in [-0.25, -0.2) is 9.38 Å². The standard InChI is InChI=1S/C21H30FN7O/c1-16-25-26-20(27(16)2)15-24-21(23-14-19-4-3-13-30-19)29-11-9-28(10-12-29)18-7-5-17(22)6-8-18/h5-8,19H,3-4,9-15H2,1-2H3,(H,23,24). The van der Waals surface area contributed by atoms with E-state index in [0.29, 0.717) is 6.54 Å². The molecule has 0 bridgehead atoms. The maximum Gasteiger partial charge on any atom is 0.194 e. The topological polar surface area (TPSA) is 70.8 Å². The van der Waals surface area contributed by atoms with Gasteiger partial charge in [-0.3, -0.25) is 0 Å². The Morgan fingerprint density at radius 1 is 1.20 bits per heavy atom. The summed E-state index contributed by atoms with van der Waals surface area (Å²) in [7, 11) is 1.96. The molecule has 0 saturated carbocycles. The molecule has 0 amide bonds. The second-order valence-electron chi connectivity index (χ2n) is 7.83. The van der Waals surface area contributed by atoms with Gasteiger partial charge in [-0.2, -0.15) is 0 Å². The van der Waals surface area contributed by atoms with E-state index in [4.69, 9.17) is 9.73 Å². The lowest BCUT2D eigenvalue weighted by Crippen LogP contribution is -2.53. The maximum atomic E-state index is 13.2. The molecule has 2 fully saturated rings. The number of piperazine rings is 1. The zero-order valence-corrected chi connectivity index (χ0v) is 17.7. The van der Waals surface area contributed by atoms with Crippen LogP contribution in [0.4, 0.5) is 10.1 Å². The van der Waals surface area contributed by atoms with Gasteiger partial charge in [-0.15, -0.1) is 10.2 Å². The zero-order valence-electron chi connectivity index (χ0n) is 17.7. The van der Waals surface area contributed by atoms with Gasteiger partial charge in [-0.1, -0.05) is 0 Å². The van der Waals surface area contributed by atoms with Crippen LogP contribution >= 0.6 is 0 Å². The molecule has 1 aromatic heterocycles. The van der Waals surface area contributed by atoms with Crippen molar-refractivity contribution in [2.45, 2.75) is 32.4 Å². The third-order valence-electron chi connectivity index (χ3n) is 5.84. The molecule has 0 aliphatic carbocycles. The molecule has 8 nitrogen and oxygen atoms in total. The normalized spacial score (nSPS) is 20.1. The van der Waals surface area contributed by atoms with Crippen molar-refractivity contribution >= 4 is 11.6 Å². The Kier molecular flexibility index (Phi) is 6.47. The Bertz CT molecular complexity index is 853. The molecule has 162 valence electrons. The molecular formula is C21H30FN7O. The highest BCUT2D eigenvalue weighted by atomic mass is 19.1. The van der Waals surface area contributed by atoms with Crippen LogP contribution in [0.1, 0.15) is 24.5 Å². The molecular weight excluding hydrogens is 385 g/mol. The van der Waals surface area contributed by atoms with Gasteiger partial charge in [0.1, 0.15) is 18.2 Å². The van der Waals surface area contributed by atoms with E-state index >= 15 is 0 Å². The second-order valence-corrected chi connectivity index (χ2v) is 7.83. The van der Waals surface area contributed by atoms with Crippen LogP contribution in [0.3, 0.4) is 0 Å². The lowest BCUT2D eigenvalue weighted by molar-refractivity contribution is 0.113. The fraction of sp³-hybridized carbons (Fsp3) is 0.571. The maximum absolute atomic E-state index is 13.2. The van der Waals surface area contributed by atoms with E-state index in [1.807, 2.05) is 30.7 Å². The van der Waals surface area contributed by atoms with Crippen LogP contribution in [0.5, 0.6) is 0 Å². The second kappa shape index (κ2) is 9.42. The number of aromatic nitrogens is 3. The average Bonchev–Trinajstić information content (AvgIpc) is 3.40. The summed E-state index contributed by atoms with van der Waals surface area (Å²) in [4.78, 5) is 9.40. The minimum atomic E-state index is -0.204. The first-order valence-corrected chi connectivity index (χ1v) is 10.6. The Morgan fingerprint density at radius 3 is 2.60 bits per heavy atom. The fourth-order valence-electron chi connectivity index (χ4n) is 3.84. The molecule has 30 heavy (non-hydrogen) atoms. The van der Waals surface area contributed by atoms with Crippen LogP contribution in [-0.2, 0) is 18.3 Å². The molecule has 9 heteroatoms. The van der Waals surface area contributed by atoms with Gasteiger partial charge >= 0.3 is 0 Å². The summed E-state index contributed by atoms with van der Waals surface area (Å²) in [6.07, 6.45) is 2.45. The van der Waals surface area contributed by atoms with Gasteiger partial charge < -0.3 is 24.4 Å². The van der Waals surface area contributed by atoms with E-state index in [1.54, 1.807) is 0 Å². The van der Waals surface area contributed by atoms with Crippen molar-refractivity contribution in [3.05, 3.63) is 41.7 Å². The summed E-state index contributed by atoms with van der Waals surface area (Å²) < 4.78 is 20.9. The molecule has 1 atom stereocenters. The smallest absolute Gasteiger partial charge is 0.194 e. The summed E-state index contributed by atoms with van der Waals surface area (Å²) in [5.41, 5.74) is 1.05. The van der Waals surface area contributed by atoms with E-state index in [0.717, 1.165) is 75.5 Å². The number of halogens is 1. The average molecular weight is 416 g/mol. The predicted octanol–water partition coefficient (Wildman–Crippen LogP) is 1.71. The molecule has 1 unspecified atom stereocenters. The predicted molar refractivity (Wildman–Crippen MR) is 114 cm³/mol. The summed E-state index contributed by atoms with van der Waals surface area (Å²) in [6.45, 7) is 7.40. The Labute approximate surface area is 176 Å². The van der Waals surface area contributed by atoms with Gasteiger partial charge in [0.25, 0.3) is 0 Å². The Hall–Kier alpha value is -2.68. The first kappa shape index (κ1) is 20.6. The van der Waals surface area contributed by atoms with Gasteiger partial charge in [0.2, 0.25) is 0 Å². The monoisotopic (exact) mass is 415 g/mol. The Balaban J connectivity index is 1.41. The number of nitrogens with zero attached hydrogens (tertiary/aromatic N) is 6. The molecule has 2 aliphatic rings. The highest BCUT2D eigenvalue weighted by Gasteiger charge is 2.22. The number of anilines is 1. The summed E-state index contributed by atoms with van der Waals surface area (Å²) in [5, 5.41) is 11.9. The molecule has 3 heterocycles. The van der Waals surface area contributed by atoms with Gasteiger partial charge in [0.05, 0.1) is 6.10 Å². The number of benzene rings is 1. The first-order chi connectivity index (χ1) is 14.6. The van der Waals surface area contributed by atoms with Crippen LogP contribution in [0.25, 0.3) is 0 Å². The van der Waals surface area contributed by atoms with E-state index in [1.165, 1.54) is 12.1 Å². The van der Waals surface area contributed by atoms with Crippen LogP contribution in [0, 0.1) is 12.7 Å². The van der Waals surface area contributed by atoms with E-state index in [2.05, 4.69) is 25.3 Å². The Morgan fingerprint density at radius 2 is 1.97 bits per heavy atom. The highest BCUT2D eigenvalue weighted by Crippen LogP contribution is 2.17. The van der Waals surface area contributed by atoms with Gasteiger partial charge in [0, 0.05) is 52.1 Å². The lowest BCUT2D eigenvalue weighted by atomic mass is 10.2. The van der Waals surface area contributed by atoms with Gasteiger partial charge in [0.15, 0.2) is 11.8 Å². The molecule has 1 aromatic carbocycles. The number of aliphatic imine (C=N–C) groups is 1. The first-order valence-electron chi connectivity index (χ1n) is 10.6. The van der Waals surface area contributed by atoms with Gasteiger partial charge in [-0.05, 0) is 44.0 Å². The number of ether oxygens (including phenoxy) is 1. The molecule has 4 rings (SSSR count). The van der Waals surface area contributed by atoms with E-state index in [9.17, 15) is 4.39 Å². The lowest BCUT2D eigenvalue weighted by Gasteiger charge is -2.38. The van der Waals surface area contributed by atoms with Crippen LogP contribution < -0.4 is 10.2 Å². The van der Waals surface area contributed by atoms with Crippen molar-refractivity contribution in [2.75, 3.05) is 44.2 Å². The number of aryl methyl sites for hydroxylation is 1. The van der Waals surface area contributed by atoms with Crippen LogP contribution in [0.15, 0.2) is 29.3 Å². The van der Waals surface area contributed by atoms with E-state index in [-0.39, 0.29) is 11.9 Å². The van der Waals surface area contributed by atoms with Crippen molar-refractivity contribution in [3.63, 3.8) is 0 Å². The molecule has 2 aromatic rings. The summed E-state index contributed by atoms with van der Waals surface area (Å²) in [6, 6.07) is 6.71. The molecule has 2 saturated heterocycles. The summed E-state index contributed by atoms with van der Waals surface area (Å²) >= 11 is 0. The molecule has 1 N–H and O–H groups in total. The number of guanidine groups is 1. The van der Waals surface area contributed by atoms with Crippen molar-refractivity contribution < 1.29 is 9.13 Å². The largest absolute Gasteiger partial charge is 0.376 e. The minimum Gasteiger partial charge on any atom is -0.376 e. The van der Waals surface area contributed by atoms with Crippen molar-refractivity contribution in [1.29, 1.82) is 0 Å².